The molecule has 1 heterocycles. The van der Waals surface area contributed by atoms with Crippen LogP contribution in [0.3, 0.4) is 0 Å². The average Bonchev–Trinajstić information content (AvgIpc) is 2.23. The van der Waals surface area contributed by atoms with E-state index in [1.165, 1.54) is 6.07 Å². The van der Waals surface area contributed by atoms with Gasteiger partial charge in [-0.3, -0.25) is 0 Å². The lowest BCUT2D eigenvalue weighted by Gasteiger charge is -2.42. The fourth-order valence-electron chi connectivity index (χ4n) is 2.13. The number of hydrogen-bond donors (Lipinski definition) is 0. The molecule has 4 heteroatoms. The largest absolute Gasteiger partial charge is 0.379 e. The minimum atomic E-state index is -0.276. The molecular weight excluding hydrogens is 241 g/mol. The van der Waals surface area contributed by atoms with Crippen molar-refractivity contribution in [3.05, 3.63) is 34.1 Å². The third-order valence-electron chi connectivity index (χ3n) is 3.29. The monoisotopic (exact) mass is 253 g/mol. The topological polar surface area (TPSA) is 33.0 Å². The van der Waals surface area contributed by atoms with Crippen molar-refractivity contribution in [2.45, 2.75) is 25.2 Å². The summed E-state index contributed by atoms with van der Waals surface area (Å²) in [7, 11) is 0. The Morgan fingerprint density at radius 1 is 1.53 bits per heavy atom. The normalized spacial score (nSPS) is 17.3. The van der Waals surface area contributed by atoms with Crippen LogP contribution in [0.4, 0.5) is 4.39 Å². The Bertz CT molecular complexity index is 477. The maximum Gasteiger partial charge on any atom is 0.126 e. The van der Waals surface area contributed by atoms with E-state index in [0.29, 0.717) is 36.6 Å². The van der Waals surface area contributed by atoms with Gasteiger partial charge in [0.2, 0.25) is 0 Å². The van der Waals surface area contributed by atoms with Crippen LogP contribution < -0.4 is 0 Å². The minimum absolute atomic E-state index is 0.257. The molecule has 0 spiro atoms. The van der Waals surface area contributed by atoms with Crippen LogP contribution in [0.15, 0.2) is 12.1 Å². The summed E-state index contributed by atoms with van der Waals surface area (Å²) in [4.78, 5) is 0. The lowest BCUT2D eigenvalue weighted by molar-refractivity contribution is -0.0637. The van der Waals surface area contributed by atoms with E-state index in [2.05, 4.69) is 6.07 Å². The van der Waals surface area contributed by atoms with E-state index in [1.807, 2.05) is 0 Å². The van der Waals surface area contributed by atoms with Crippen LogP contribution in [-0.2, 0) is 10.2 Å². The van der Waals surface area contributed by atoms with Crippen LogP contribution in [-0.4, -0.2) is 13.2 Å². The predicted octanol–water partition coefficient (Wildman–Crippen LogP) is 3.36. The van der Waals surface area contributed by atoms with Crippen molar-refractivity contribution < 1.29 is 9.13 Å². The Hall–Kier alpha value is -1.11. The summed E-state index contributed by atoms with van der Waals surface area (Å²) < 4.78 is 18.8. The molecular formula is C13H13ClFNO. The number of nitriles is 1. The summed E-state index contributed by atoms with van der Waals surface area (Å²) in [5.74, 6) is -0.257. The minimum Gasteiger partial charge on any atom is -0.379 e. The molecule has 2 nitrogen and oxygen atoms in total. The molecule has 1 aromatic rings. The van der Waals surface area contributed by atoms with Gasteiger partial charge < -0.3 is 4.74 Å². The molecule has 0 saturated carbocycles. The number of ether oxygens (including phenoxy) is 1. The van der Waals surface area contributed by atoms with Crippen LogP contribution in [0.25, 0.3) is 0 Å². The van der Waals surface area contributed by atoms with Gasteiger partial charge in [-0.2, -0.15) is 5.26 Å². The molecule has 0 N–H and O–H groups in total. The van der Waals surface area contributed by atoms with Crippen molar-refractivity contribution in [2.75, 3.05) is 13.2 Å². The van der Waals surface area contributed by atoms with Crippen molar-refractivity contribution in [1.82, 2.24) is 0 Å². The first-order chi connectivity index (χ1) is 8.09. The quantitative estimate of drug-likeness (QED) is 0.828. The maximum atomic E-state index is 13.6. The van der Waals surface area contributed by atoms with Gasteiger partial charge in [0.25, 0.3) is 0 Å². The van der Waals surface area contributed by atoms with Gasteiger partial charge >= 0.3 is 0 Å². The van der Waals surface area contributed by atoms with Crippen LogP contribution in [0, 0.1) is 24.1 Å². The van der Waals surface area contributed by atoms with Gasteiger partial charge in [-0.25, -0.2) is 4.39 Å². The molecule has 0 atom stereocenters. The second kappa shape index (κ2) is 4.64. The Morgan fingerprint density at radius 2 is 2.24 bits per heavy atom. The highest BCUT2D eigenvalue weighted by atomic mass is 35.5. The fraction of sp³-hybridized carbons (Fsp3) is 0.462. The molecule has 1 aliphatic rings. The summed E-state index contributed by atoms with van der Waals surface area (Å²) in [5, 5.41) is 9.23. The Balaban J connectivity index is 2.38. The van der Waals surface area contributed by atoms with E-state index < -0.39 is 0 Å². The van der Waals surface area contributed by atoms with Gasteiger partial charge in [0.05, 0.1) is 19.3 Å². The molecule has 1 fully saturated rings. The highest BCUT2D eigenvalue weighted by molar-refractivity contribution is 6.31. The van der Waals surface area contributed by atoms with Gasteiger partial charge in [-0.05, 0) is 36.6 Å². The molecule has 0 unspecified atom stereocenters. The standard InChI is InChI=1S/C13H13ClFNO/c1-9-5-11(14)10(6-12(9)15)13(3-2-4-16)7-17-8-13/h5-6H,2-3,7-8H2,1H3. The summed E-state index contributed by atoms with van der Waals surface area (Å²) >= 11 is 6.17. The Morgan fingerprint density at radius 3 is 2.76 bits per heavy atom. The van der Waals surface area contributed by atoms with Crippen molar-refractivity contribution in [2.24, 2.45) is 0 Å². The SMILES string of the molecule is Cc1cc(Cl)c(C2(CCC#N)COC2)cc1F. The van der Waals surface area contributed by atoms with E-state index in [1.54, 1.807) is 13.0 Å². The first-order valence-electron chi connectivity index (χ1n) is 5.50. The van der Waals surface area contributed by atoms with Gasteiger partial charge in [-0.15, -0.1) is 0 Å². The van der Waals surface area contributed by atoms with Crippen LogP contribution >= 0.6 is 11.6 Å². The summed E-state index contributed by atoms with van der Waals surface area (Å²) in [6, 6.07) is 5.24. The van der Waals surface area contributed by atoms with Crippen molar-refractivity contribution >= 4 is 11.6 Å². The highest BCUT2D eigenvalue weighted by Gasteiger charge is 2.41. The van der Waals surface area contributed by atoms with E-state index >= 15 is 0 Å². The van der Waals surface area contributed by atoms with Crippen LogP contribution in [0.2, 0.25) is 5.02 Å². The van der Waals surface area contributed by atoms with Crippen molar-refractivity contribution in [3.8, 4) is 6.07 Å². The Kier molecular flexibility index (Phi) is 3.37. The van der Waals surface area contributed by atoms with Gasteiger partial charge in [0.15, 0.2) is 0 Å². The number of aryl methyl sites for hydroxylation is 1. The molecule has 0 aliphatic carbocycles. The number of hydrogen-bond acceptors (Lipinski definition) is 2. The van der Waals surface area contributed by atoms with E-state index in [9.17, 15) is 4.39 Å². The summed E-state index contributed by atoms with van der Waals surface area (Å²) in [5.41, 5.74) is 1.03. The molecule has 0 aromatic heterocycles. The second-order valence-corrected chi connectivity index (χ2v) is 4.92. The lowest BCUT2D eigenvalue weighted by Crippen LogP contribution is -2.47. The fourth-order valence-corrected chi connectivity index (χ4v) is 2.55. The Labute approximate surface area is 105 Å². The van der Waals surface area contributed by atoms with Crippen LogP contribution in [0.5, 0.6) is 0 Å². The molecule has 90 valence electrons. The van der Waals surface area contributed by atoms with E-state index in [4.69, 9.17) is 21.6 Å². The van der Waals surface area contributed by atoms with Gasteiger partial charge in [0, 0.05) is 16.9 Å². The average molecular weight is 254 g/mol. The molecule has 0 amide bonds. The molecule has 0 bridgehead atoms. The third kappa shape index (κ3) is 2.15. The summed E-state index contributed by atoms with van der Waals surface area (Å²) in [6.07, 6.45) is 1.08. The maximum absolute atomic E-state index is 13.6. The molecule has 0 radical (unpaired) electrons. The van der Waals surface area contributed by atoms with Crippen molar-refractivity contribution in [1.29, 1.82) is 5.26 Å². The lowest BCUT2D eigenvalue weighted by atomic mass is 9.75. The number of rotatable bonds is 3. The molecule has 1 aromatic carbocycles. The number of benzene rings is 1. The second-order valence-electron chi connectivity index (χ2n) is 4.51. The van der Waals surface area contributed by atoms with E-state index in [0.717, 1.165) is 5.56 Å². The molecule has 2 rings (SSSR count). The van der Waals surface area contributed by atoms with Gasteiger partial charge in [0.1, 0.15) is 5.82 Å². The predicted molar refractivity (Wildman–Crippen MR) is 63.5 cm³/mol. The zero-order valence-corrected chi connectivity index (χ0v) is 10.4. The smallest absolute Gasteiger partial charge is 0.126 e. The zero-order valence-electron chi connectivity index (χ0n) is 9.59. The van der Waals surface area contributed by atoms with Crippen molar-refractivity contribution in [3.63, 3.8) is 0 Å². The van der Waals surface area contributed by atoms with Crippen LogP contribution in [0.1, 0.15) is 24.0 Å². The first-order valence-corrected chi connectivity index (χ1v) is 5.88. The molecule has 17 heavy (non-hydrogen) atoms. The van der Waals surface area contributed by atoms with Gasteiger partial charge in [-0.1, -0.05) is 11.6 Å². The summed E-state index contributed by atoms with van der Waals surface area (Å²) in [6.45, 7) is 2.71. The zero-order chi connectivity index (χ0) is 12.5. The number of halogens is 2. The van der Waals surface area contributed by atoms with E-state index in [-0.39, 0.29) is 11.2 Å². The first kappa shape index (κ1) is 12.3. The highest BCUT2D eigenvalue weighted by Crippen LogP contribution is 2.41. The third-order valence-corrected chi connectivity index (χ3v) is 3.60. The molecule has 1 aliphatic heterocycles. The molecule has 1 saturated heterocycles. The number of nitrogens with zero attached hydrogens (tertiary/aromatic N) is 1.